The lowest BCUT2D eigenvalue weighted by atomic mass is 10.2. The molecule has 0 saturated heterocycles. The van der Waals surface area contributed by atoms with E-state index in [-0.39, 0.29) is 6.04 Å². The second-order valence-corrected chi connectivity index (χ2v) is 4.44. The quantitative estimate of drug-likeness (QED) is 0.820. The van der Waals surface area contributed by atoms with Gasteiger partial charge in [0, 0.05) is 6.04 Å². The monoisotopic (exact) mass is 243 g/mol. The van der Waals surface area contributed by atoms with Crippen LogP contribution in [0.5, 0.6) is 0 Å². The predicted molar refractivity (Wildman–Crippen MR) is 67.7 cm³/mol. The molecule has 6 heteroatoms. The van der Waals surface area contributed by atoms with Crippen LogP contribution in [0.1, 0.15) is 13.3 Å². The van der Waals surface area contributed by atoms with Crippen molar-refractivity contribution >= 4 is 23.2 Å². The van der Waals surface area contributed by atoms with Gasteiger partial charge in [-0.05, 0) is 34.0 Å². The molecular weight excluding hydrogens is 226 g/mol. The Kier molecular flexibility index (Phi) is 4.76. The summed E-state index contributed by atoms with van der Waals surface area (Å²) in [5.41, 5.74) is 5.59. The lowest BCUT2D eigenvalue weighted by Gasteiger charge is -2.17. The highest BCUT2D eigenvalue weighted by Gasteiger charge is 2.09. The maximum atomic E-state index is 5.98. The molecule has 5 nitrogen and oxygen atoms in total. The Morgan fingerprint density at radius 1 is 1.50 bits per heavy atom. The van der Waals surface area contributed by atoms with Crippen LogP contribution >= 0.6 is 11.6 Å². The molecule has 1 atom stereocenters. The van der Waals surface area contributed by atoms with Crippen LogP contribution in [-0.2, 0) is 0 Å². The maximum Gasteiger partial charge on any atom is 0.150 e. The Labute approximate surface area is 101 Å². The third kappa shape index (κ3) is 3.83. The zero-order valence-corrected chi connectivity index (χ0v) is 10.6. The van der Waals surface area contributed by atoms with E-state index in [1.807, 2.05) is 14.1 Å². The Balaban J connectivity index is 2.56. The van der Waals surface area contributed by atoms with Gasteiger partial charge in [0.1, 0.15) is 17.2 Å². The average Bonchev–Trinajstić information content (AvgIpc) is 2.22. The fourth-order valence-electron chi connectivity index (χ4n) is 1.24. The standard InChI is InChI=1S/C10H18ClN5/c1-7(4-5-16(2)3)15-10-8(11)9(12)13-6-14-10/h6-7H,4-5H2,1-3H3,(H3,12,13,14,15). The summed E-state index contributed by atoms with van der Waals surface area (Å²) in [4.78, 5) is 10.00. The highest BCUT2D eigenvalue weighted by Crippen LogP contribution is 2.23. The molecule has 0 fully saturated rings. The Hall–Kier alpha value is -1.07. The molecule has 0 aromatic carbocycles. The number of hydrogen-bond donors (Lipinski definition) is 2. The van der Waals surface area contributed by atoms with E-state index in [0.29, 0.717) is 16.7 Å². The SMILES string of the molecule is CC(CCN(C)C)Nc1ncnc(N)c1Cl. The molecular formula is C10H18ClN5. The van der Waals surface area contributed by atoms with Gasteiger partial charge in [-0.2, -0.15) is 0 Å². The van der Waals surface area contributed by atoms with Crippen LogP contribution in [0.3, 0.4) is 0 Å². The van der Waals surface area contributed by atoms with Gasteiger partial charge in [0.15, 0.2) is 5.82 Å². The lowest BCUT2D eigenvalue weighted by molar-refractivity contribution is 0.390. The van der Waals surface area contributed by atoms with Crippen molar-refractivity contribution in [2.24, 2.45) is 0 Å². The van der Waals surface area contributed by atoms with E-state index in [1.54, 1.807) is 0 Å². The molecule has 0 radical (unpaired) electrons. The third-order valence-electron chi connectivity index (χ3n) is 2.21. The summed E-state index contributed by atoms with van der Waals surface area (Å²) in [6.45, 7) is 3.09. The number of anilines is 2. The summed E-state index contributed by atoms with van der Waals surface area (Å²) in [5, 5.41) is 3.60. The third-order valence-corrected chi connectivity index (χ3v) is 2.58. The number of nitrogen functional groups attached to an aromatic ring is 1. The van der Waals surface area contributed by atoms with Crippen molar-refractivity contribution < 1.29 is 0 Å². The van der Waals surface area contributed by atoms with Gasteiger partial charge in [0.25, 0.3) is 0 Å². The molecule has 0 bridgehead atoms. The minimum Gasteiger partial charge on any atom is -0.382 e. The fraction of sp³-hybridized carbons (Fsp3) is 0.600. The van der Waals surface area contributed by atoms with Crippen molar-refractivity contribution in [1.29, 1.82) is 0 Å². The molecule has 0 aliphatic heterocycles. The van der Waals surface area contributed by atoms with E-state index < -0.39 is 0 Å². The first-order chi connectivity index (χ1) is 7.50. The normalized spacial score (nSPS) is 12.8. The second-order valence-electron chi connectivity index (χ2n) is 4.06. The summed E-state index contributed by atoms with van der Waals surface area (Å²) in [6.07, 6.45) is 2.41. The number of hydrogen-bond acceptors (Lipinski definition) is 5. The highest BCUT2D eigenvalue weighted by molar-refractivity contribution is 6.35. The van der Waals surface area contributed by atoms with Gasteiger partial charge in [-0.15, -0.1) is 0 Å². The van der Waals surface area contributed by atoms with Crippen LogP contribution in [-0.4, -0.2) is 41.5 Å². The first-order valence-electron chi connectivity index (χ1n) is 5.18. The van der Waals surface area contributed by atoms with Gasteiger partial charge < -0.3 is 16.0 Å². The molecule has 0 aliphatic rings. The number of nitrogens with zero attached hydrogens (tertiary/aromatic N) is 3. The van der Waals surface area contributed by atoms with E-state index in [1.165, 1.54) is 6.33 Å². The average molecular weight is 244 g/mol. The van der Waals surface area contributed by atoms with Crippen LogP contribution in [0.25, 0.3) is 0 Å². The van der Waals surface area contributed by atoms with Crippen molar-refractivity contribution in [3.05, 3.63) is 11.3 Å². The van der Waals surface area contributed by atoms with Crippen molar-refractivity contribution in [3.63, 3.8) is 0 Å². The zero-order chi connectivity index (χ0) is 12.1. The summed E-state index contributed by atoms with van der Waals surface area (Å²) in [6, 6.07) is 0.286. The first kappa shape index (κ1) is 13.0. The number of halogens is 1. The summed E-state index contributed by atoms with van der Waals surface area (Å²) in [5.74, 6) is 0.902. The van der Waals surface area contributed by atoms with Gasteiger partial charge in [0.2, 0.25) is 0 Å². The molecule has 16 heavy (non-hydrogen) atoms. The van der Waals surface area contributed by atoms with E-state index in [4.69, 9.17) is 17.3 Å². The van der Waals surface area contributed by atoms with Crippen molar-refractivity contribution in [3.8, 4) is 0 Å². The first-order valence-corrected chi connectivity index (χ1v) is 5.55. The van der Waals surface area contributed by atoms with E-state index in [9.17, 15) is 0 Å². The van der Waals surface area contributed by atoms with Crippen molar-refractivity contribution in [2.45, 2.75) is 19.4 Å². The fourth-order valence-corrected chi connectivity index (χ4v) is 1.39. The lowest BCUT2D eigenvalue weighted by Crippen LogP contribution is -2.23. The number of aromatic nitrogens is 2. The van der Waals surface area contributed by atoms with Crippen LogP contribution in [0.2, 0.25) is 5.02 Å². The number of rotatable bonds is 5. The summed E-state index contributed by atoms with van der Waals surface area (Å²) < 4.78 is 0. The van der Waals surface area contributed by atoms with Crippen LogP contribution in [0.15, 0.2) is 6.33 Å². The highest BCUT2D eigenvalue weighted by atomic mass is 35.5. The zero-order valence-electron chi connectivity index (χ0n) is 9.87. The minimum absolute atomic E-state index is 0.286. The van der Waals surface area contributed by atoms with Crippen molar-refractivity contribution in [1.82, 2.24) is 14.9 Å². The molecule has 0 saturated carbocycles. The Morgan fingerprint density at radius 2 is 2.19 bits per heavy atom. The smallest absolute Gasteiger partial charge is 0.150 e. The Bertz CT molecular complexity index is 342. The molecule has 1 unspecified atom stereocenters. The molecule has 1 heterocycles. The molecule has 1 rings (SSSR count). The minimum atomic E-state index is 0.286. The molecule has 1 aromatic rings. The van der Waals surface area contributed by atoms with Crippen molar-refractivity contribution in [2.75, 3.05) is 31.7 Å². The second kappa shape index (κ2) is 5.86. The maximum absolute atomic E-state index is 5.98. The predicted octanol–water partition coefficient (Wildman–Crippen LogP) is 1.46. The summed E-state index contributed by atoms with van der Waals surface area (Å²) >= 11 is 5.98. The van der Waals surface area contributed by atoms with Gasteiger partial charge in [0.05, 0.1) is 0 Å². The molecule has 0 spiro atoms. The molecule has 1 aromatic heterocycles. The molecule has 0 amide bonds. The molecule has 3 N–H and O–H groups in total. The van der Waals surface area contributed by atoms with E-state index in [0.717, 1.165) is 13.0 Å². The number of nitrogens with one attached hydrogen (secondary N) is 1. The molecule has 0 aliphatic carbocycles. The van der Waals surface area contributed by atoms with Gasteiger partial charge in [-0.3, -0.25) is 0 Å². The largest absolute Gasteiger partial charge is 0.382 e. The Morgan fingerprint density at radius 3 is 2.81 bits per heavy atom. The van der Waals surface area contributed by atoms with E-state index in [2.05, 4.69) is 27.1 Å². The van der Waals surface area contributed by atoms with Crippen LogP contribution in [0, 0.1) is 0 Å². The number of nitrogens with two attached hydrogens (primary N) is 1. The molecule has 90 valence electrons. The summed E-state index contributed by atoms with van der Waals surface area (Å²) in [7, 11) is 4.09. The van der Waals surface area contributed by atoms with Crippen LogP contribution in [0.4, 0.5) is 11.6 Å². The topological polar surface area (TPSA) is 67.1 Å². The van der Waals surface area contributed by atoms with E-state index >= 15 is 0 Å². The van der Waals surface area contributed by atoms with Crippen LogP contribution < -0.4 is 11.1 Å². The van der Waals surface area contributed by atoms with Gasteiger partial charge >= 0.3 is 0 Å². The van der Waals surface area contributed by atoms with Gasteiger partial charge in [-0.1, -0.05) is 11.6 Å². The van der Waals surface area contributed by atoms with Gasteiger partial charge in [-0.25, -0.2) is 9.97 Å².